The molecule has 4 aromatic rings. The van der Waals surface area contributed by atoms with Gasteiger partial charge in [-0.05, 0) is 46.8 Å². The summed E-state index contributed by atoms with van der Waals surface area (Å²) in [6, 6.07) is 24.1. The molecule has 1 aliphatic heterocycles. The normalized spacial score (nSPS) is 14.8. The lowest BCUT2D eigenvalue weighted by molar-refractivity contribution is -0.385. The Balaban J connectivity index is 1.42. The summed E-state index contributed by atoms with van der Waals surface area (Å²) >= 11 is 0.658. The second kappa shape index (κ2) is 10.1. The number of carbonyl (C=O) groups excluding carboxylic acids is 2. The van der Waals surface area contributed by atoms with E-state index in [1.807, 2.05) is 12.1 Å². The fourth-order valence-corrected chi connectivity index (χ4v) is 5.75. The Morgan fingerprint density at radius 1 is 0.895 bits per heavy atom. The Hall–Kier alpha value is -4.48. The van der Waals surface area contributed by atoms with Crippen LogP contribution in [-0.2, 0) is 21.5 Å². The first kappa shape index (κ1) is 25.2. The molecule has 11 heteroatoms. The molecule has 1 aliphatic rings. The molecule has 0 unspecified atom stereocenters. The lowest BCUT2D eigenvalue weighted by Gasteiger charge is -2.12. The van der Waals surface area contributed by atoms with Gasteiger partial charge < -0.3 is 4.18 Å². The summed E-state index contributed by atoms with van der Waals surface area (Å²) in [7, 11) is -4.21. The van der Waals surface area contributed by atoms with Gasteiger partial charge in [-0.1, -0.05) is 66.7 Å². The SMILES string of the molecule is O=C1S/C(=C\c2ccccc2OS(=O)(=O)c2ccc3ccccc3c2)C(=O)N1Cc1ccccc1[N+](=O)[O-]. The monoisotopic (exact) mass is 546 g/mol. The molecule has 0 N–H and O–H groups in total. The topological polar surface area (TPSA) is 124 Å². The first-order valence-corrected chi connectivity index (χ1v) is 13.5. The van der Waals surface area contributed by atoms with Gasteiger partial charge in [0.1, 0.15) is 10.6 Å². The first-order chi connectivity index (χ1) is 18.2. The van der Waals surface area contributed by atoms with Crippen LogP contribution in [0.15, 0.2) is 101 Å². The number of para-hydroxylation sites is 2. The Morgan fingerprint density at radius 2 is 1.58 bits per heavy atom. The molecule has 190 valence electrons. The van der Waals surface area contributed by atoms with E-state index in [-0.39, 0.29) is 38.9 Å². The third-order valence-corrected chi connectivity index (χ3v) is 7.94. The van der Waals surface area contributed by atoms with E-state index < -0.39 is 26.2 Å². The van der Waals surface area contributed by atoms with Gasteiger partial charge in [-0.25, -0.2) is 0 Å². The molecule has 2 amide bonds. The van der Waals surface area contributed by atoms with Crippen molar-refractivity contribution in [3.05, 3.63) is 117 Å². The van der Waals surface area contributed by atoms with Crippen LogP contribution in [0.2, 0.25) is 0 Å². The summed E-state index contributed by atoms with van der Waals surface area (Å²) in [4.78, 5) is 37.3. The Kier molecular flexibility index (Phi) is 6.70. The number of rotatable bonds is 7. The Morgan fingerprint density at radius 3 is 2.37 bits per heavy atom. The predicted octanol–water partition coefficient (Wildman–Crippen LogP) is 5.75. The van der Waals surface area contributed by atoms with E-state index in [4.69, 9.17) is 4.18 Å². The van der Waals surface area contributed by atoms with E-state index in [0.717, 1.165) is 15.7 Å². The lowest BCUT2D eigenvalue weighted by atomic mass is 10.1. The number of nitro benzene ring substituents is 1. The van der Waals surface area contributed by atoms with Crippen molar-refractivity contribution in [1.82, 2.24) is 4.90 Å². The quantitative estimate of drug-likeness (QED) is 0.124. The third-order valence-electron chi connectivity index (χ3n) is 5.81. The van der Waals surface area contributed by atoms with Gasteiger partial charge >= 0.3 is 10.1 Å². The molecule has 0 spiro atoms. The molecule has 0 bridgehead atoms. The highest BCUT2D eigenvalue weighted by molar-refractivity contribution is 8.18. The van der Waals surface area contributed by atoms with Crippen molar-refractivity contribution < 1.29 is 27.1 Å². The first-order valence-electron chi connectivity index (χ1n) is 11.2. The predicted molar refractivity (Wildman–Crippen MR) is 143 cm³/mol. The van der Waals surface area contributed by atoms with Crippen molar-refractivity contribution in [2.24, 2.45) is 0 Å². The number of carbonyl (C=O) groups is 2. The van der Waals surface area contributed by atoms with E-state index in [2.05, 4.69) is 0 Å². The molecule has 5 rings (SSSR count). The molecule has 1 fully saturated rings. The molecule has 0 aromatic heterocycles. The molecule has 0 radical (unpaired) electrons. The van der Waals surface area contributed by atoms with Gasteiger partial charge in [0.15, 0.2) is 0 Å². The van der Waals surface area contributed by atoms with Crippen LogP contribution in [0.4, 0.5) is 10.5 Å². The minimum absolute atomic E-state index is 0.0221. The van der Waals surface area contributed by atoms with Crippen LogP contribution < -0.4 is 4.18 Å². The van der Waals surface area contributed by atoms with Gasteiger partial charge in [-0.15, -0.1) is 0 Å². The number of thioether (sulfide) groups is 1. The maximum Gasteiger partial charge on any atom is 0.339 e. The second-order valence-corrected chi connectivity index (χ2v) is 10.8. The second-order valence-electron chi connectivity index (χ2n) is 8.24. The largest absolute Gasteiger partial charge is 0.378 e. The van der Waals surface area contributed by atoms with E-state index in [1.165, 1.54) is 42.5 Å². The molecule has 0 atom stereocenters. The number of amides is 2. The maximum absolute atomic E-state index is 13.1. The summed E-state index contributed by atoms with van der Waals surface area (Å²) in [6.07, 6.45) is 1.37. The van der Waals surface area contributed by atoms with E-state index in [1.54, 1.807) is 42.5 Å². The molecule has 0 saturated carbocycles. The Bertz CT molecular complexity index is 1750. The highest BCUT2D eigenvalue weighted by atomic mass is 32.2. The van der Waals surface area contributed by atoms with Crippen molar-refractivity contribution in [3.63, 3.8) is 0 Å². The standard InChI is InChI=1S/C27H18N2O7S2/c30-26-25(37-27(31)28(26)17-21-10-3-5-11-23(21)29(32)33)16-20-9-4-6-12-24(20)36-38(34,35)22-14-13-18-7-1-2-8-19(18)15-22/h1-16H,17H2/b25-16-. The molecule has 1 saturated heterocycles. The number of hydrogen-bond donors (Lipinski definition) is 0. The number of hydrogen-bond acceptors (Lipinski definition) is 8. The zero-order valence-electron chi connectivity index (χ0n) is 19.5. The summed E-state index contributed by atoms with van der Waals surface area (Å²) in [5.74, 6) is -0.670. The average molecular weight is 547 g/mol. The van der Waals surface area contributed by atoms with Crippen LogP contribution >= 0.6 is 11.8 Å². The molecular weight excluding hydrogens is 528 g/mol. The lowest BCUT2D eigenvalue weighted by Crippen LogP contribution is -2.27. The summed E-state index contributed by atoms with van der Waals surface area (Å²) < 4.78 is 31.6. The van der Waals surface area contributed by atoms with Gasteiger partial charge in [-0.2, -0.15) is 8.42 Å². The fraction of sp³-hybridized carbons (Fsp3) is 0.0370. The third kappa shape index (κ3) is 5.01. The summed E-state index contributed by atoms with van der Waals surface area (Å²) in [5, 5.41) is 12.3. The van der Waals surface area contributed by atoms with Crippen molar-refractivity contribution in [1.29, 1.82) is 0 Å². The molecule has 38 heavy (non-hydrogen) atoms. The number of nitrogens with zero attached hydrogens (tertiary/aromatic N) is 2. The van der Waals surface area contributed by atoms with E-state index >= 15 is 0 Å². The fourth-order valence-electron chi connectivity index (χ4n) is 3.94. The molecule has 4 aromatic carbocycles. The number of fused-ring (bicyclic) bond motifs is 1. The van der Waals surface area contributed by atoms with Gasteiger partial charge in [0.2, 0.25) is 0 Å². The van der Waals surface area contributed by atoms with Crippen LogP contribution in [0.1, 0.15) is 11.1 Å². The van der Waals surface area contributed by atoms with Gasteiger partial charge in [0.25, 0.3) is 16.8 Å². The summed E-state index contributed by atoms with van der Waals surface area (Å²) in [5.41, 5.74) is 0.285. The van der Waals surface area contributed by atoms with Crippen molar-refractivity contribution >= 4 is 55.6 Å². The van der Waals surface area contributed by atoms with E-state index in [9.17, 15) is 28.1 Å². The maximum atomic E-state index is 13.1. The summed E-state index contributed by atoms with van der Waals surface area (Å²) in [6.45, 7) is -0.270. The van der Waals surface area contributed by atoms with Crippen LogP contribution in [0.5, 0.6) is 5.75 Å². The number of nitro groups is 1. The van der Waals surface area contributed by atoms with Crippen molar-refractivity contribution in [2.75, 3.05) is 0 Å². The van der Waals surface area contributed by atoms with Crippen molar-refractivity contribution in [3.8, 4) is 5.75 Å². The van der Waals surface area contributed by atoms with Crippen LogP contribution in [-0.4, -0.2) is 29.4 Å². The van der Waals surface area contributed by atoms with Crippen LogP contribution in [0.25, 0.3) is 16.8 Å². The minimum Gasteiger partial charge on any atom is -0.378 e. The smallest absolute Gasteiger partial charge is 0.339 e. The van der Waals surface area contributed by atoms with Gasteiger partial charge in [-0.3, -0.25) is 24.6 Å². The zero-order valence-corrected chi connectivity index (χ0v) is 21.1. The number of benzene rings is 4. The number of imide groups is 1. The van der Waals surface area contributed by atoms with Gasteiger partial charge in [0, 0.05) is 17.2 Å². The minimum atomic E-state index is -4.21. The molecular formula is C27H18N2O7S2. The highest BCUT2D eigenvalue weighted by Gasteiger charge is 2.36. The van der Waals surface area contributed by atoms with Crippen LogP contribution in [0, 0.1) is 10.1 Å². The van der Waals surface area contributed by atoms with Crippen molar-refractivity contribution in [2.45, 2.75) is 11.4 Å². The zero-order chi connectivity index (χ0) is 26.9. The van der Waals surface area contributed by atoms with Gasteiger partial charge in [0.05, 0.1) is 16.4 Å². The molecule has 9 nitrogen and oxygen atoms in total. The molecule has 1 heterocycles. The molecule has 0 aliphatic carbocycles. The van der Waals surface area contributed by atoms with E-state index in [0.29, 0.717) is 11.8 Å². The van der Waals surface area contributed by atoms with Crippen LogP contribution in [0.3, 0.4) is 0 Å². The highest BCUT2D eigenvalue weighted by Crippen LogP contribution is 2.36. The average Bonchev–Trinajstić information content (AvgIpc) is 3.17. The Labute approximate surface area is 221 Å².